The molecule has 1 saturated heterocycles. The fraction of sp³-hybridized carbons (Fsp3) is 0.533. The van der Waals surface area contributed by atoms with Crippen LogP contribution in [0.1, 0.15) is 12.0 Å². The van der Waals surface area contributed by atoms with Crippen LogP contribution in [0.2, 0.25) is 0 Å². The van der Waals surface area contributed by atoms with Gasteiger partial charge in [-0.2, -0.15) is 13.2 Å². The maximum atomic E-state index is 13.5. The van der Waals surface area contributed by atoms with Gasteiger partial charge in [0, 0.05) is 29.7 Å². The lowest BCUT2D eigenvalue weighted by molar-refractivity contribution is -0.143. The van der Waals surface area contributed by atoms with E-state index in [1.54, 1.807) is 12.1 Å². The Bertz CT molecular complexity index is 582. The van der Waals surface area contributed by atoms with Crippen LogP contribution in [0.25, 0.3) is 0 Å². The van der Waals surface area contributed by atoms with Gasteiger partial charge in [0.05, 0.1) is 6.54 Å². The number of hydrogen-bond acceptors (Lipinski definition) is 2. The van der Waals surface area contributed by atoms with Gasteiger partial charge in [0.25, 0.3) is 0 Å². The van der Waals surface area contributed by atoms with Gasteiger partial charge in [-0.15, -0.1) is 0 Å². The van der Waals surface area contributed by atoms with Crippen LogP contribution in [0.15, 0.2) is 22.7 Å². The summed E-state index contributed by atoms with van der Waals surface area (Å²) in [6, 6.07) is 3.96. The molecule has 1 aliphatic rings. The van der Waals surface area contributed by atoms with Crippen molar-refractivity contribution in [1.29, 1.82) is 0 Å². The van der Waals surface area contributed by atoms with Crippen molar-refractivity contribution < 1.29 is 22.4 Å². The zero-order chi connectivity index (χ0) is 17.7. The van der Waals surface area contributed by atoms with Crippen LogP contribution in [0, 0.1) is 11.7 Å². The summed E-state index contributed by atoms with van der Waals surface area (Å²) in [5.41, 5.74) is 0.344. The van der Waals surface area contributed by atoms with E-state index in [1.807, 2.05) is 0 Å². The number of urea groups is 1. The summed E-state index contributed by atoms with van der Waals surface area (Å²) in [5, 5.41) is 5.16. The number of hydrogen-bond donors (Lipinski definition) is 2. The molecule has 0 spiro atoms. The Morgan fingerprint density at radius 3 is 2.79 bits per heavy atom. The molecule has 24 heavy (non-hydrogen) atoms. The molecule has 4 nitrogen and oxygen atoms in total. The Kier molecular flexibility index (Phi) is 6.45. The monoisotopic (exact) mass is 411 g/mol. The van der Waals surface area contributed by atoms with Gasteiger partial charge in [0.15, 0.2) is 0 Å². The summed E-state index contributed by atoms with van der Waals surface area (Å²) < 4.78 is 51.2. The van der Waals surface area contributed by atoms with Gasteiger partial charge in [0.2, 0.25) is 0 Å². The Balaban J connectivity index is 1.69. The van der Waals surface area contributed by atoms with Crippen molar-refractivity contribution in [3.05, 3.63) is 34.1 Å². The topological polar surface area (TPSA) is 44.4 Å². The molecule has 1 aromatic rings. The van der Waals surface area contributed by atoms with E-state index in [9.17, 15) is 22.4 Å². The van der Waals surface area contributed by atoms with E-state index >= 15 is 0 Å². The second-order valence-electron chi connectivity index (χ2n) is 5.80. The third kappa shape index (κ3) is 6.27. The average Bonchev–Trinajstić information content (AvgIpc) is 2.91. The quantitative estimate of drug-likeness (QED) is 0.730. The first kappa shape index (κ1) is 19.0. The predicted molar refractivity (Wildman–Crippen MR) is 84.9 cm³/mol. The van der Waals surface area contributed by atoms with Crippen molar-refractivity contribution in [3.8, 4) is 0 Å². The number of rotatable bonds is 5. The molecule has 2 N–H and O–H groups in total. The van der Waals surface area contributed by atoms with Crippen LogP contribution >= 0.6 is 15.9 Å². The largest absolute Gasteiger partial charge is 0.401 e. The van der Waals surface area contributed by atoms with Gasteiger partial charge in [-0.3, -0.25) is 4.90 Å². The molecule has 1 atom stereocenters. The highest BCUT2D eigenvalue weighted by Crippen LogP contribution is 2.22. The molecule has 9 heteroatoms. The summed E-state index contributed by atoms with van der Waals surface area (Å²) in [5.74, 6) is -0.433. The molecule has 2 rings (SSSR count). The number of benzene rings is 1. The lowest BCUT2D eigenvalue weighted by Crippen LogP contribution is -2.39. The SMILES string of the molecule is O=C(NCc1cc(Br)ccc1F)NC[C@H]1CCN(CC(F)(F)F)C1. The highest BCUT2D eigenvalue weighted by atomic mass is 79.9. The molecule has 1 heterocycles. The normalized spacial score (nSPS) is 18.6. The third-order valence-corrected chi connectivity index (χ3v) is 4.26. The fourth-order valence-corrected chi connectivity index (χ4v) is 3.04. The van der Waals surface area contributed by atoms with Crippen molar-refractivity contribution in [3.63, 3.8) is 0 Å². The van der Waals surface area contributed by atoms with Crippen LogP contribution in [0.4, 0.5) is 22.4 Å². The maximum Gasteiger partial charge on any atom is 0.401 e. The molecule has 1 fully saturated rings. The summed E-state index contributed by atoms with van der Waals surface area (Å²) in [6.45, 7) is 0.0811. The molecule has 0 aliphatic carbocycles. The van der Waals surface area contributed by atoms with Gasteiger partial charge < -0.3 is 10.6 Å². The van der Waals surface area contributed by atoms with Gasteiger partial charge in [-0.25, -0.2) is 9.18 Å². The van der Waals surface area contributed by atoms with Crippen molar-refractivity contribution in [2.75, 3.05) is 26.2 Å². The second kappa shape index (κ2) is 8.15. The number of amides is 2. The van der Waals surface area contributed by atoms with Crippen molar-refractivity contribution >= 4 is 22.0 Å². The zero-order valence-electron chi connectivity index (χ0n) is 12.8. The van der Waals surface area contributed by atoms with Crippen molar-refractivity contribution in [2.45, 2.75) is 19.1 Å². The predicted octanol–water partition coefficient (Wildman–Crippen LogP) is 3.27. The highest BCUT2D eigenvalue weighted by molar-refractivity contribution is 9.10. The number of halogens is 5. The molecule has 0 unspecified atom stereocenters. The molecule has 134 valence electrons. The summed E-state index contributed by atoms with van der Waals surface area (Å²) in [4.78, 5) is 13.1. The van der Waals surface area contributed by atoms with Crippen LogP contribution in [-0.4, -0.2) is 43.3 Å². The molecule has 1 aliphatic heterocycles. The number of carbonyl (C=O) groups excluding carboxylic acids is 1. The Morgan fingerprint density at radius 1 is 1.33 bits per heavy atom. The van der Waals surface area contributed by atoms with Gasteiger partial charge in [-0.05, 0) is 37.1 Å². The minimum absolute atomic E-state index is 0.0132. The Labute approximate surface area is 145 Å². The lowest BCUT2D eigenvalue weighted by atomic mass is 10.1. The van der Waals surface area contributed by atoms with E-state index in [-0.39, 0.29) is 12.5 Å². The first-order chi connectivity index (χ1) is 11.2. The molecular weight excluding hydrogens is 394 g/mol. The lowest BCUT2D eigenvalue weighted by Gasteiger charge is -2.18. The van der Waals surface area contributed by atoms with Gasteiger partial charge in [-0.1, -0.05) is 15.9 Å². The van der Waals surface area contributed by atoms with Crippen molar-refractivity contribution in [2.24, 2.45) is 5.92 Å². The number of nitrogens with zero attached hydrogens (tertiary/aromatic N) is 1. The zero-order valence-corrected chi connectivity index (χ0v) is 14.4. The standard InChI is InChI=1S/C15H18BrF4N3O/c16-12-1-2-13(17)11(5-12)7-22-14(24)21-6-10-3-4-23(8-10)9-15(18,19)20/h1-2,5,10H,3-4,6-9H2,(H2,21,22,24)/t10-/m1/s1. The number of nitrogens with one attached hydrogen (secondary N) is 2. The van der Waals surface area contributed by atoms with Gasteiger partial charge >= 0.3 is 12.2 Å². The van der Waals surface area contributed by atoms with E-state index in [0.29, 0.717) is 36.1 Å². The minimum atomic E-state index is -4.20. The highest BCUT2D eigenvalue weighted by Gasteiger charge is 2.34. The molecule has 2 amide bonds. The van der Waals surface area contributed by atoms with Crippen LogP contribution < -0.4 is 10.6 Å². The molecule has 0 aromatic heterocycles. The molecule has 0 radical (unpaired) electrons. The maximum absolute atomic E-state index is 13.5. The molecule has 0 saturated carbocycles. The molecule has 0 bridgehead atoms. The third-order valence-electron chi connectivity index (χ3n) is 3.77. The van der Waals surface area contributed by atoms with E-state index in [1.165, 1.54) is 11.0 Å². The van der Waals surface area contributed by atoms with E-state index in [0.717, 1.165) is 0 Å². The number of carbonyl (C=O) groups is 1. The average molecular weight is 412 g/mol. The number of alkyl halides is 3. The summed E-state index contributed by atoms with van der Waals surface area (Å²) >= 11 is 3.23. The first-order valence-corrected chi connectivity index (χ1v) is 8.27. The van der Waals surface area contributed by atoms with Gasteiger partial charge in [0.1, 0.15) is 5.82 Å². The van der Waals surface area contributed by atoms with Crippen molar-refractivity contribution in [1.82, 2.24) is 15.5 Å². The van der Waals surface area contributed by atoms with Crippen LogP contribution in [0.3, 0.4) is 0 Å². The Morgan fingerprint density at radius 2 is 2.08 bits per heavy atom. The van der Waals surface area contributed by atoms with E-state index in [4.69, 9.17) is 0 Å². The summed E-state index contributed by atoms with van der Waals surface area (Å²) in [7, 11) is 0. The minimum Gasteiger partial charge on any atom is -0.338 e. The summed E-state index contributed by atoms with van der Waals surface area (Å²) in [6.07, 6.45) is -3.59. The number of likely N-dealkylation sites (tertiary alicyclic amines) is 1. The Hall–Kier alpha value is -1.35. The van der Waals surface area contributed by atoms with E-state index < -0.39 is 24.6 Å². The molecular formula is C15H18BrF4N3O. The van der Waals surface area contributed by atoms with Crippen LogP contribution in [0.5, 0.6) is 0 Å². The smallest absolute Gasteiger partial charge is 0.338 e. The molecule has 1 aromatic carbocycles. The van der Waals surface area contributed by atoms with Crippen LogP contribution in [-0.2, 0) is 6.54 Å². The van der Waals surface area contributed by atoms with E-state index in [2.05, 4.69) is 26.6 Å². The fourth-order valence-electron chi connectivity index (χ4n) is 2.63. The first-order valence-electron chi connectivity index (χ1n) is 7.47. The second-order valence-corrected chi connectivity index (χ2v) is 6.72.